The largest absolute Gasteiger partial charge is 0.497 e. The molecule has 0 saturated carbocycles. The molecule has 7 heteroatoms. The van der Waals surface area contributed by atoms with Gasteiger partial charge in [-0.05, 0) is 23.8 Å². The lowest BCUT2D eigenvalue weighted by Crippen LogP contribution is -2.27. The van der Waals surface area contributed by atoms with Crippen molar-refractivity contribution >= 4 is 16.7 Å². The predicted molar refractivity (Wildman–Crippen MR) is 100 cm³/mol. The van der Waals surface area contributed by atoms with Crippen LogP contribution < -0.4 is 10.3 Å². The fourth-order valence-corrected chi connectivity index (χ4v) is 2.75. The van der Waals surface area contributed by atoms with Crippen LogP contribution in [0.3, 0.4) is 0 Å². The van der Waals surface area contributed by atoms with E-state index in [1.807, 2.05) is 24.3 Å². The van der Waals surface area contributed by atoms with Gasteiger partial charge in [0.2, 0.25) is 0 Å². The summed E-state index contributed by atoms with van der Waals surface area (Å²) in [5, 5.41) is 14.0. The van der Waals surface area contributed by atoms with Gasteiger partial charge in [0.15, 0.2) is 5.69 Å². The first kappa shape index (κ1) is 18.6. The third-order valence-corrected chi connectivity index (χ3v) is 4.16. The second kappa shape index (κ2) is 8.46. The molecule has 1 N–H and O–H groups in total. The normalized spacial score (nSPS) is 10.7. The minimum absolute atomic E-state index is 0.00972. The molecule has 0 aliphatic heterocycles. The lowest BCUT2D eigenvalue weighted by atomic mass is 10.1. The van der Waals surface area contributed by atoms with Crippen molar-refractivity contribution in [2.24, 2.45) is 0 Å². The van der Waals surface area contributed by atoms with E-state index >= 15 is 0 Å². The molecule has 0 radical (unpaired) electrons. The fraction of sp³-hybridized carbons (Fsp3) is 0.250. The van der Waals surface area contributed by atoms with Gasteiger partial charge in [-0.3, -0.25) is 4.79 Å². The molecule has 27 heavy (non-hydrogen) atoms. The molecule has 0 atom stereocenters. The van der Waals surface area contributed by atoms with E-state index in [1.165, 1.54) is 0 Å². The van der Waals surface area contributed by atoms with Crippen molar-refractivity contribution in [3.8, 4) is 5.75 Å². The minimum Gasteiger partial charge on any atom is -0.497 e. The Morgan fingerprint density at radius 3 is 2.48 bits per heavy atom. The zero-order chi connectivity index (χ0) is 19.2. The number of esters is 1. The highest BCUT2D eigenvalue weighted by atomic mass is 16.5. The zero-order valence-corrected chi connectivity index (χ0v) is 14.9. The molecule has 0 fully saturated rings. The SMILES string of the molecule is COc1ccc(CCOC(=O)c2nn(CCO)c(=O)c3ccccc23)cc1. The van der Waals surface area contributed by atoms with Crippen LogP contribution in [-0.2, 0) is 17.7 Å². The van der Waals surface area contributed by atoms with Gasteiger partial charge in [-0.2, -0.15) is 5.10 Å². The summed E-state index contributed by atoms with van der Waals surface area (Å²) in [6.07, 6.45) is 0.546. The number of carbonyl (C=O) groups excluding carboxylic acids is 1. The lowest BCUT2D eigenvalue weighted by molar-refractivity contribution is 0.0501. The quantitative estimate of drug-likeness (QED) is 0.640. The van der Waals surface area contributed by atoms with Crippen molar-refractivity contribution in [3.05, 3.63) is 70.1 Å². The van der Waals surface area contributed by atoms with E-state index in [-0.39, 0.29) is 31.0 Å². The summed E-state index contributed by atoms with van der Waals surface area (Å²) in [5.74, 6) is 0.156. The number of methoxy groups -OCH3 is 1. The average Bonchev–Trinajstić information content (AvgIpc) is 2.70. The summed E-state index contributed by atoms with van der Waals surface area (Å²) in [4.78, 5) is 24.9. The van der Waals surface area contributed by atoms with Crippen LogP contribution in [0, 0.1) is 0 Å². The minimum atomic E-state index is -0.605. The summed E-state index contributed by atoms with van der Waals surface area (Å²) in [6, 6.07) is 14.2. The number of nitrogens with zero attached hydrogens (tertiary/aromatic N) is 2. The van der Waals surface area contributed by atoms with Gasteiger partial charge in [-0.15, -0.1) is 0 Å². The molecule has 0 saturated heterocycles. The van der Waals surface area contributed by atoms with E-state index in [0.717, 1.165) is 16.0 Å². The number of benzene rings is 2. The molecule has 7 nitrogen and oxygen atoms in total. The van der Waals surface area contributed by atoms with Crippen LogP contribution in [0.5, 0.6) is 5.75 Å². The molecular formula is C20H20N2O5. The monoisotopic (exact) mass is 368 g/mol. The van der Waals surface area contributed by atoms with Crippen molar-refractivity contribution in [1.29, 1.82) is 0 Å². The van der Waals surface area contributed by atoms with E-state index in [2.05, 4.69) is 5.10 Å². The number of rotatable bonds is 7. The maximum Gasteiger partial charge on any atom is 0.359 e. The molecule has 0 spiro atoms. The van der Waals surface area contributed by atoms with E-state index in [9.17, 15) is 9.59 Å². The van der Waals surface area contributed by atoms with Crippen molar-refractivity contribution in [3.63, 3.8) is 0 Å². The Bertz CT molecular complexity index is 995. The molecule has 0 aliphatic rings. The number of ether oxygens (including phenoxy) is 2. The third-order valence-electron chi connectivity index (χ3n) is 4.16. The first-order valence-electron chi connectivity index (χ1n) is 8.55. The second-order valence-electron chi connectivity index (χ2n) is 5.88. The molecular weight excluding hydrogens is 348 g/mol. The Morgan fingerprint density at radius 1 is 1.11 bits per heavy atom. The highest BCUT2D eigenvalue weighted by Gasteiger charge is 2.17. The third kappa shape index (κ3) is 4.15. The Kier molecular flexibility index (Phi) is 5.83. The lowest BCUT2D eigenvalue weighted by Gasteiger charge is -2.10. The van der Waals surface area contributed by atoms with Gasteiger partial charge in [0.1, 0.15) is 5.75 Å². The molecule has 0 amide bonds. The highest BCUT2D eigenvalue weighted by Crippen LogP contribution is 2.15. The Morgan fingerprint density at radius 2 is 1.81 bits per heavy atom. The second-order valence-corrected chi connectivity index (χ2v) is 5.88. The predicted octanol–water partition coefficient (Wildman–Crippen LogP) is 1.80. The summed E-state index contributed by atoms with van der Waals surface area (Å²) in [6.45, 7) is -0.0622. The van der Waals surface area contributed by atoms with Gasteiger partial charge in [0.25, 0.3) is 5.56 Å². The molecule has 3 rings (SSSR count). The summed E-state index contributed by atoms with van der Waals surface area (Å²) in [7, 11) is 1.60. The average molecular weight is 368 g/mol. The molecule has 0 aliphatic carbocycles. The first-order chi connectivity index (χ1) is 13.1. The Hall–Kier alpha value is -3.19. The van der Waals surface area contributed by atoms with Crippen LogP contribution in [0.1, 0.15) is 16.1 Å². The molecule has 3 aromatic rings. The Labute approximate surface area is 155 Å². The Balaban J connectivity index is 1.78. The zero-order valence-electron chi connectivity index (χ0n) is 14.9. The van der Waals surface area contributed by atoms with Gasteiger partial charge in [0, 0.05) is 11.8 Å². The number of aliphatic hydroxyl groups is 1. The van der Waals surface area contributed by atoms with Crippen LogP contribution in [0.15, 0.2) is 53.3 Å². The summed E-state index contributed by atoms with van der Waals surface area (Å²) < 4.78 is 11.6. The fourth-order valence-electron chi connectivity index (χ4n) is 2.75. The van der Waals surface area contributed by atoms with Gasteiger partial charge < -0.3 is 14.6 Å². The number of hydrogen-bond acceptors (Lipinski definition) is 6. The van der Waals surface area contributed by atoms with Gasteiger partial charge in [-0.25, -0.2) is 9.48 Å². The van der Waals surface area contributed by atoms with Crippen LogP contribution in [-0.4, -0.2) is 41.2 Å². The van der Waals surface area contributed by atoms with Gasteiger partial charge in [-0.1, -0.05) is 30.3 Å². The molecule has 2 aromatic carbocycles. The number of fused-ring (bicyclic) bond motifs is 1. The summed E-state index contributed by atoms with van der Waals surface area (Å²) in [5.41, 5.74) is 0.717. The van der Waals surface area contributed by atoms with E-state index in [4.69, 9.17) is 14.6 Å². The maximum absolute atomic E-state index is 12.5. The number of aliphatic hydroxyl groups excluding tert-OH is 1. The van der Waals surface area contributed by atoms with Crippen LogP contribution >= 0.6 is 0 Å². The van der Waals surface area contributed by atoms with Crippen LogP contribution in [0.25, 0.3) is 10.8 Å². The first-order valence-corrected chi connectivity index (χ1v) is 8.55. The van der Waals surface area contributed by atoms with Crippen molar-refractivity contribution in [2.45, 2.75) is 13.0 Å². The number of carbonyl (C=O) groups is 1. The van der Waals surface area contributed by atoms with E-state index < -0.39 is 5.97 Å². The number of hydrogen-bond donors (Lipinski definition) is 1. The molecule has 140 valence electrons. The van der Waals surface area contributed by atoms with Crippen LogP contribution in [0.2, 0.25) is 0 Å². The standard InChI is InChI=1S/C20H20N2O5/c1-26-15-8-6-14(7-9-15)10-13-27-20(25)18-16-4-2-3-5-17(16)19(24)22(21-18)11-12-23/h2-9,23H,10-13H2,1H3. The van der Waals surface area contributed by atoms with Gasteiger partial charge >= 0.3 is 5.97 Å². The van der Waals surface area contributed by atoms with Gasteiger partial charge in [0.05, 0.1) is 32.3 Å². The number of aromatic nitrogens is 2. The molecule has 0 unspecified atom stereocenters. The molecule has 0 bridgehead atoms. The smallest absolute Gasteiger partial charge is 0.359 e. The molecule has 1 heterocycles. The van der Waals surface area contributed by atoms with Crippen molar-refractivity contribution in [1.82, 2.24) is 9.78 Å². The van der Waals surface area contributed by atoms with E-state index in [0.29, 0.717) is 17.2 Å². The van der Waals surface area contributed by atoms with E-state index in [1.54, 1.807) is 31.4 Å². The highest BCUT2D eigenvalue weighted by molar-refractivity contribution is 6.02. The summed E-state index contributed by atoms with van der Waals surface area (Å²) >= 11 is 0. The van der Waals surface area contributed by atoms with Crippen LogP contribution in [0.4, 0.5) is 0 Å². The topological polar surface area (TPSA) is 90.7 Å². The van der Waals surface area contributed by atoms with Crippen molar-refractivity contribution < 1.29 is 19.4 Å². The maximum atomic E-state index is 12.5. The molecule has 1 aromatic heterocycles. The van der Waals surface area contributed by atoms with Crippen molar-refractivity contribution in [2.75, 3.05) is 20.3 Å².